The maximum atomic E-state index is 14.4. The standard InChI is InChI=1S/C22H25FIN5O3/c1-28(2)8-9-32-20-7-5-15(11-16(20)21-17(23)13-25-29(21)3)26-22(31)27-18-6-4-14(12-24)10-19(18)30/h4-7,10-11,13,30H,8-9,12H2,1-3H3,(H2,26,27,31). The van der Waals surface area contributed by atoms with Gasteiger partial charge in [0.05, 0.1) is 11.9 Å². The number of rotatable bonds is 8. The van der Waals surface area contributed by atoms with Crippen LogP contribution < -0.4 is 15.4 Å². The van der Waals surface area contributed by atoms with Crippen molar-refractivity contribution < 1.29 is 19.0 Å². The molecule has 0 aliphatic heterocycles. The monoisotopic (exact) mass is 553 g/mol. The fourth-order valence-corrected chi connectivity index (χ4v) is 3.50. The second-order valence-electron chi connectivity index (χ2n) is 7.39. The fraction of sp³-hybridized carbons (Fsp3) is 0.273. The zero-order valence-electron chi connectivity index (χ0n) is 18.0. The number of hydrogen-bond donors (Lipinski definition) is 3. The Morgan fingerprint density at radius 1 is 1.25 bits per heavy atom. The van der Waals surface area contributed by atoms with Crippen molar-refractivity contribution in [2.45, 2.75) is 4.43 Å². The van der Waals surface area contributed by atoms with Crippen LogP contribution in [0.25, 0.3) is 11.3 Å². The van der Waals surface area contributed by atoms with Crippen LogP contribution >= 0.6 is 22.6 Å². The number of nitrogens with one attached hydrogen (secondary N) is 2. The van der Waals surface area contributed by atoms with E-state index in [1.165, 1.54) is 4.68 Å². The normalized spacial score (nSPS) is 10.9. The van der Waals surface area contributed by atoms with Gasteiger partial charge in [-0.05, 0) is 50.0 Å². The van der Waals surface area contributed by atoms with Crippen molar-refractivity contribution in [2.75, 3.05) is 37.9 Å². The summed E-state index contributed by atoms with van der Waals surface area (Å²) in [4.78, 5) is 14.5. The minimum atomic E-state index is -0.541. The fourth-order valence-electron chi connectivity index (χ4n) is 3.02. The van der Waals surface area contributed by atoms with Crippen LogP contribution in [0.15, 0.2) is 42.6 Å². The number of amides is 2. The molecule has 3 aromatic rings. The molecule has 0 aliphatic rings. The third kappa shape index (κ3) is 5.88. The molecule has 0 radical (unpaired) electrons. The molecule has 0 saturated carbocycles. The van der Waals surface area contributed by atoms with Crippen LogP contribution in [0.4, 0.5) is 20.6 Å². The van der Waals surface area contributed by atoms with E-state index >= 15 is 0 Å². The number of phenolic OH excluding ortho intramolecular Hbond substituents is 1. The molecule has 2 aromatic carbocycles. The van der Waals surface area contributed by atoms with Crippen molar-refractivity contribution in [1.29, 1.82) is 0 Å². The molecular formula is C22H25FIN5O3. The summed E-state index contributed by atoms with van der Waals surface area (Å²) in [6, 6.07) is 9.50. The molecule has 0 saturated heterocycles. The summed E-state index contributed by atoms with van der Waals surface area (Å²) in [5.41, 5.74) is 2.38. The first-order chi connectivity index (χ1) is 15.3. The molecular weight excluding hydrogens is 528 g/mol. The van der Waals surface area contributed by atoms with Gasteiger partial charge < -0.3 is 25.4 Å². The first-order valence-corrected chi connectivity index (χ1v) is 11.4. The number of nitrogens with zero attached hydrogens (tertiary/aromatic N) is 3. The number of aromatic hydroxyl groups is 1. The second-order valence-corrected chi connectivity index (χ2v) is 8.15. The number of alkyl halides is 1. The number of likely N-dealkylation sites (N-methyl/N-ethyl adjacent to an activating group) is 1. The zero-order chi connectivity index (χ0) is 23.3. The van der Waals surface area contributed by atoms with E-state index < -0.39 is 11.8 Å². The number of halogens is 2. The van der Waals surface area contributed by atoms with Crippen LogP contribution in [0.1, 0.15) is 5.56 Å². The Morgan fingerprint density at radius 2 is 2.03 bits per heavy atom. The number of anilines is 2. The third-order valence-corrected chi connectivity index (χ3v) is 5.53. The Morgan fingerprint density at radius 3 is 2.66 bits per heavy atom. The highest BCUT2D eigenvalue weighted by Crippen LogP contribution is 2.34. The molecule has 0 spiro atoms. The molecule has 1 heterocycles. The predicted octanol–water partition coefficient (Wildman–Crippen LogP) is 4.45. The van der Waals surface area contributed by atoms with E-state index in [1.807, 2.05) is 25.1 Å². The van der Waals surface area contributed by atoms with Gasteiger partial charge in [0.2, 0.25) is 0 Å². The summed E-state index contributed by atoms with van der Waals surface area (Å²) in [6.07, 6.45) is 1.13. The lowest BCUT2D eigenvalue weighted by atomic mass is 10.1. The molecule has 8 nitrogen and oxygen atoms in total. The molecule has 0 aliphatic carbocycles. The molecule has 3 rings (SSSR count). The van der Waals surface area contributed by atoms with Gasteiger partial charge in [0, 0.05) is 29.3 Å². The lowest BCUT2D eigenvalue weighted by molar-refractivity contribution is 0.261. The first kappa shape index (κ1) is 23.8. The first-order valence-electron chi connectivity index (χ1n) is 9.83. The van der Waals surface area contributed by atoms with Gasteiger partial charge in [0.15, 0.2) is 5.82 Å². The molecule has 0 atom stereocenters. The van der Waals surface area contributed by atoms with E-state index in [1.54, 1.807) is 37.4 Å². The minimum Gasteiger partial charge on any atom is -0.506 e. The van der Waals surface area contributed by atoms with Crippen LogP contribution in [0.5, 0.6) is 11.5 Å². The van der Waals surface area contributed by atoms with E-state index in [0.717, 1.165) is 16.2 Å². The van der Waals surface area contributed by atoms with Gasteiger partial charge in [-0.25, -0.2) is 9.18 Å². The third-order valence-electron chi connectivity index (χ3n) is 4.65. The molecule has 1 aromatic heterocycles. The number of aromatic nitrogens is 2. The van der Waals surface area contributed by atoms with E-state index in [0.29, 0.717) is 30.2 Å². The van der Waals surface area contributed by atoms with Gasteiger partial charge >= 0.3 is 6.03 Å². The van der Waals surface area contributed by atoms with Crippen molar-refractivity contribution in [3.63, 3.8) is 0 Å². The summed E-state index contributed by atoms with van der Waals surface area (Å²) in [5, 5.41) is 19.4. The zero-order valence-corrected chi connectivity index (χ0v) is 20.2. The molecule has 32 heavy (non-hydrogen) atoms. The lowest BCUT2D eigenvalue weighted by Gasteiger charge is -2.16. The average molecular weight is 553 g/mol. The van der Waals surface area contributed by atoms with Crippen molar-refractivity contribution in [2.24, 2.45) is 7.05 Å². The molecule has 2 amide bonds. The SMILES string of the molecule is CN(C)CCOc1ccc(NC(=O)Nc2ccc(CI)cc2O)cc1-c1c(F)cnn1C. The minimum absolute atomic E-state index is 0.0170. The second kappa shape index (κ2) is 10.6. The number of ether oxygens (including phenoxy) is 1. The highest BCUT2D eigenvalue weighted by Gasteiger charge is 2.18. The van der Waals surface area contributed by atoms with Gasteiger partial charge in [0.25, 0.3) is 0 Å². The van der Waals surface area contributed by atoms with Gasteiger partial charge in [-0.15, -0.1) is 0 Å². The Hall–Kier alpha value is -2.86. The summed E-state index contributed by atoms with van der Waals surface area (Å²) in [6.45, 7) is 1.11. The number of carbonyl (C=O) groups is 1. The summed E-state index contributed by atoms with van der Waals surface area (Å²) >= 11 is 2.19. The molecule has 0 bridgehead atoms. The predicted molar refractivity (Wildman–Crippen MR) is 131 cm³/mol. The van der Waals surface area contributed by atoms with Gasteiger partial charge in [-0.1, -0.05) is 28.7 Å². The Labute approximate surface area is 199 Å². The van der Waals surface area contributed by atoms with Crippen molar-refractivity contribution in [1.82, 2.24) is 14.7 Å². The van der Waals surface area contributed by atoms with Crippen molar-refractivity contribution in [3.8, 4) is 22.8 Å². The van der Waals surface area contributed by atoms with Gasteiger partial charge in [-0.2, -0.15) is 5.10 Å². The number of benzene rings is 2. The summed E-state index contributed by atoms with van der Waals surface area (Å²) in [7, 11) is 5.50. The number of urea groups is 1. The Bertz CT molecular complexity index is 1080. The number of phenols is 1. The van der Waals surface area contributed by atoms with E-state index in [9.17, 15) is 14.3 Å². The van der Waals surface area contributed by atoms with Crippen LogP contribution in [0, 0.1) is 5.82 Å². The van der Waals surface area contributed by atoms with Crippen LogP contribution in [-0.2, 0) is 11.5 Å². The molecule has 0 fully saturated rings. The van der Waals surface area contributed by atoms with Crippen molar-refractivity contribution >= 4 is 40.0 Å². The lowest BCUT2D eigenvalue weighted by Crippen LogP contribution is -2.20. The maximum absolute atomic E-state index is 14.4. The molecule has 10 heteroatoms. The largest absolute Gasteiger partial charge is 0.506 e. The van der Waals surface area contributed by atoms with E-state index in [4.69, 9.17) is 4.74 Å². The van der Waals surface area contributed by atoms with Crippen LogP contribution in [0.2, 0.25) is 0 Å². The highest BCUT2D eigenvalue weighted by atomic mass is 127. The topological polar surface area (TPSA) is 91.7 Å². The molecule has 3 N–H and O–H groups in total. The van der Waals surface area contributed by atoms with Gasteiger partial charge in [0.1, 0.15) is 23.8 Å². The smallest absolute Gasteiger partial charge is 0.323 e. The summed E-state index contributed by atoms with van der Waals surface area (Å²) in [5.74, 6) is -0.0317. The van der Waals surface area contributed by atoms with Crippen LogP contribution in [0.3, 0.4) is 0 Å². The number of hydrogen-bond acceptors (Lipinski definition) is 5. The molecule has 0 unspecified atom stereocenters. The van der Waals surface area contributed by atoms with E-state index in [2.05, 4.69) is 38.3 Å². The Kier molecular flexibility index (Phi) is 7.91. The maximum Gasteiger partial charge on any atom is 0.323 e. The number of carbonyl (C=O) groups excluding carboxylic acids is 1. The van der Waals surface area contributed by atoms with E-state index in [-0.39, 0.29) is 17.1 Å². The summed E-state index contributed by atoms with van der Waals surface area (Å²) < 4.78 is 22.5. The number of aryl methyl sites for hydroxylation is 1. The average Bonchev–Trinajstić information content (AvgIpc) is 3.08. The van der Waals surface area contributed by atoms with Gasteiger partial charge in [-0.3, -0.25) is 4.68 Å². The Balaban J connectivity index is 1.82. The highest BCUT2D eigenvalue weighted by molar-refractivity contribution is 14.1. The van der Waals surface area contributed by atoms with Crippen LogP contribution in [-0.4, -0.2) is 53.1 Å². The van der Waals surface area contributed by atoms with Crippen molar-refractivity contribution in [3.05, 3.63) is 54.0 Å². The molecule has 170 valence electrons. The quantitative estimate of drug-likeness (QED) is 0.218.